The number of pyridine rings is 1. The number of hydrogen-bond acceptors (Lipinski definition) is 2. The third-order valence-corrected chi connectivity index (χ3v) is 2.84. The maximum absolute atomic E-state index is 13.0. The Bertz CT molecular complexity index is 557. The summed E-state index contributed by atoms with van der Waals surface area (Å²) in [5.41, 5.74) is 2.17. The molecule has 0 fully saturated rings. The zero-order chi connectivity index (χ0) is 13.1. The van der Waals surface area contributed by atoms with Gasteiger partial charge in [-0.05, 0) is 41.8 Å². The van der Waals surface area contributed by atoms with Crippen molar-refractivity contribution in [3.63, 3.8) is 0 Å². The van der Waals surface area contributed by atoms with Gasteiger partial charge in [0.25, 0.3) is 0 Å². The van der Waals surface area contributed by atoms with Gasteiger partial charge in [-0.15, -0.1) is 0 Å². The second-order valence-electron chi connectivity index (χ2n) is 4.20. The first kappa shape index (κ1) is 12.6. The SMILES string of the molecule is Cc1cnccc1C(O)Cc1ccc(F)c(F)c1. The van der Waals surface area contributed by atoms with Crippen LogP contribution in [0.5, 0.6) is 0 Å². The van der Waals surface area contributed by atoms with Crippen LogP contribution < -0.4 is 0 Å². The summed E-state index contributed by atoms with van der Waals surface area (Å²) >= 11 is 0. The van der Waals surface area contributed by atoms with E-state index in [2.05, 4.69) is 4.98 Å². The highest BCUT2D eigenvalue weighted by Gasteiger charge is 2.12. The van der Waals surface area contributed by atoms with Crippen LogP contribution in [0, 0.1) is 18.6 Å². The maximum Gasteiger partial charge on any atom is 0.159 e. The lowest BCUT2D eigenvalue weighted by Gasteiger charge is -2.13. The van der Waals surface area contributed by atoms with Crippen molar-refractivity contribution >= 4 is 0 Å². The first-order valence-electron chi connectivity index (χ1n) is 5.60. The first-order chi connectivity index (χ1) is 8.58. The van der Waals surface area contributed by atoms with Gasteiger partial charge in [-0.2, -0.15) is 0 Å². The Morgan fingerprint density at radius 1 is 1.22 bits per heavy atom. The first-order valence-corrected chi connectivity index (χ1v) is 5.60. The molecule has 1 atom stereocenters. The summed E-state index contributed by atoms with van der Waals surface area (Å²) in [5, 5.41) is 10.1. The Hall–Kier alpha value is -1.81. The van der Waals surface area contributed by atoms with Gasteiger partial charge in [0.1, 0.15) is 0 Å². The second-order valence-corrected chi connectivity index (χ2v) is 4.20. The lowest BCUT2D eigenvalue weighted by atomic mass is 9.99. The Morgan fingerprint density at radius 3 is 2.67 bits per heavy atom. The van der Waals surface area contributed by atoms with Crippen molar-refractivity contribution < 1.29 is 13.9 Å². The number of halogens is 2. The molecular weight excluding hydrogens is 236 g/mol. The lowest BCUT2D eigenvalue weighted by molar-refractivity contribution is 0.177. The molecule has 94 valence electrons. The third kappa shape index (κ3) is 2.71. The number of hydrogen-bond donors (Lipinski definition) is 1. The molecule has 0 radical (unpaired) electrons. The van der Waals surface area contributed by atoms with Gasteiger partial charge in [0, 0.05) is 18.8 Å². The average molecular weight is 249 g/mol. The topological polar surface area (TPSA) is 33.1 Å². The number of aliphatic hydroxyl groups excluding tert-OH is 1. The van der Waals surface area contributed by atoms with Crippen molar-refractivity contribution in [1.29, 1.82) is 0 Å². The van der Waals surface area contributed by atoms with Crippen LogP contribution in [0.25, 0.3) is 0 Å². The number of aliphatic hydroxyl groups is 1. The number of rotatable bonds is 3. The molecule has 1 heterocycles. The molecular formula is C14H13F2NO. The Balaban J connectivity index is 2.19. The highest BCUT2D eigenvalue weighted by molar-refractivity contribution is 5.27. The Kier molecular flexibility index (Phi) is 3.67. The van der Waals surface area contributed by atoms with E-state index in [-0.39, 0.29) is 6.42 Å². The largest absolute Gasteiger partial charge is 0.388 e. The summed E-state index contributed by atoms with van der Waals surface area (Å²) in [5.74, 6) is -1.78. The molecule has 18 heavy (non-hydrogen) atoms. The predicted molar refractivity (Wildman–Crippen MR) is 64.0 cm³/mol. The van der Waals surface area contributed by atoms with E-state index < -0.39 is 17.7 Å². The van der Waals surface area contributed by atoms with E-state index in [9.17, 15) is 13.9 Å². The molecule has 4 heteroatoms. The Morgan fingerprint density at radius 2 is 2.00 bits per heavy atom. The molecule has 1 unspecified atom stereocenters. The normalized spacial score (nSPS) is 12.4. The van der Waals surface area contributed by atoms with Gasteiger partial charge in [0.15, 0.2) is 11.6 Å². The van der Waals surface area contributed by atoms with Gasteiger partial charge in [-0.1, -0.05) is 6.07 Å². The van der Waals surface area contributed by atoms with E-state index in [4.69, 9.17) is 0 Å². The van der Waals surface area contributed by atoms with Crippen molar-refractivity contribution in [3.05, 3.63) is 65.0 Å². The standard InChI is InChI=1S/C14H13F2NO/c1-9-8-17-5-4-11(9)14(18)7-10-2-3-12(15)13(16)6-10/h2-6,8,14,18H,7H2,1H3. The third-order valence-electron chi connectivity index (χ3n) is 2.84. The van der Waals surface area contributed by atoms with Gasteiger partial charge >= 0.3 is 0 Å². The molecule has 0 bridgehead atoms. The van der Waals surface area contributed by atoms with Crippen LogP contribution in [0.4, 0.5) is 8.78 Å². The highest BCUT2D eigenvalue weighted by Crippen LogP contribution is 2.21. The van der Waals surface area contributed by atoms with Gasteiger partial charge in [-0.3, -0.25) is 4.98 Å². The predicted octanol–water partition coefficient (Wildman–Crippen LogP) is 2.94. The lowest BCUT2D eigenvalue weighted by Crippen LogP contribution is -2.04. The molecule has 1 N–H and O–H groups in total. The van der Waals surface area contributed by atoms with Gasteiger partial charge < -0.3 is 5.11 Å². The van der Waals surface area contributed by atoms with Crippen molar-refractivity contribution in [1.82, 2.24) is 4.98 Å². The van der Waals surface area contributed by atoms with Crippen molar-refractivity contribution in [2.24, 2.45) is 0 Å². The molecule has 1 aromatic heterocycles. The number of aryl methyl sites for hydroxylation is 1. The van der Waals surface area contributed by atoms with Crippen molar-refractivity contribution in [2.75, 3.05) is 0 Å². The smallest absolute Gasteiger partial charge is 0.159 e. The number of benzene rings is 1. The summed E-state index contributed by atoms with van der Waals surface area (Å²) < 4.78 is 25.8. The van der Waals surface area contributed by atoms with Crippen LogP contribution in [-0.2, 0) is 6.42 Å². The fraction of sp³-hybridized carbons (Fsp3) is 0.214. The summed E-state index contributed by atoms with van der Waals surface area (Å²) in [4.78, 5) is 3.94. The zero-order valence-electron chi connectivity index (χ0n) is 9.90. The van der Waals surface area contributed by atoms with E-state index in [1.54, 1.807) is 18.5 Å². The molecule has 2 aromatic rings. The van der Waals surface area contributed by atoms with Crippen LogP contribution in [-0.4, -0.2) is 10.1 Å². The number of aromatic nitrogens is 1. The zero-order valence-corrected chi connectivity index (χ0v) is 9.90. The molecule has 0 aliphatic rings. The summed E-state index contributed by atoms with van der Waals surface area (Å²) in [7, 11) is 0. The molecule has 2 rings (SSSR count). The quantitative estimate of drug-likeness (QED) is 0.907. The fourth-order valence-corrected chi connectivity index (χ4v) is 1.86. The average Bonchev–Trinajstić information content (AvgIpc) is 2.34. The van der Waals surface area contributed by atoms with E-state index in [1.807, 2.05) is 6.92 Å². The van der Waals surface area contributed by atoms with E-state index in [0.29, 0.717) is 5.56 Å². The molecule has 0 aliphatic heterocycles. The van der Waals surface area contributed by atoms with E-state index >= 15 is 0 Å². The van der Waals surface area contributed by atoms with Crippen LogP contribution >= 0.6 is 0 Å². The Labute approximate surface area is 104 Å². The molecule has 0 amide bonds. The molecule has 2 nitrogen and oxygen atoms in total. The van der Waals surface area contributed by atoms with E-state index in [0.717, 1.165) is 23.3 Å². The van der Waals surface area contributed by atoms with Gasteiger partial charge in [0.2, 0.25) is 0 Å². The van der Waals surface area contributed by atoms with Gasteiger partial charge in [0.05, 0.1) is 6.10 Å². The maximum atomic E-state index is 13.0. The fourth-order valence-electron chi connectivity index (χ4n) is 1.86. The van der Waals surface area contributed by atoms with Crippen LogP contribution in [0.1, 0.15) is 22.8 Å². The summed E-state index contributed by atoms with van der Waals surface area (Å²) in [6.07, 6.45) is 2.74. The minimum absolute atomic E-state index is 0.238. The minimum Gasteiger partial charge on any atom is -0.388 e. The minimum atomic E-state index is -0.897. The molecule has 0 spiro atoms. The molecule has 1 aromatic carbocycles. The molecule has 0 saturated heterocycles. The van der Waals surface area contributed by atoms with Gasteiger partial charge in [-0.25, -0.2) is 8.78 Å². The summed E-state index contributed by atoms with van der Waals surface area (Å²) in [6.45, 7) is 1.84. The van der Waals surface area contributed by atoms with Crippen LogP contribution in [0.3, 0.4) is 0 Å². The monoisotopic (exact) mass is 249 g/mol. The molecule has 0 aliphatic carbocycles. The number of nitrogens with zero attached hydrogens (tertiary/aromatic N) is 1. The van der Waals surface area contributed by atoms with Crippen LogP contribution in [0.15, 0.2) is 36.7 Å². The highest BCUT2D eigenvalue weighted by atomic mass is 19.2. The van der Waals surface area contributed by atoms with E-state index in [1.165, 1.54) is 6.07 Å². The van der Waals surface area contributed by atoms with Crippen LogP contribution in [0.2, 0.25) is 0 Å². The molecule has 0 saturated carbocycles. The van der Waals surface area contributed by atoms with Crippen molar-refractivity contribution in [2.45, 2.75) is 19.4 Å². The van der Waals surface area contributed by atoms with Crippen molar-refractivity contribution in [3.8, 4) is 0 Å². The summed E-state index contributed by atoms with van der Waals surface area (Å²) in [6, 6.07) is 5.36. The second kappa shape index (κ2) is 5.23.